The molecule has 0 fully saturated rings. The fraction of sp³-hybridized carbons (Fsp3) is 0.333. The molecule has 16 heavy (non-hydrogen) atoms. The maximum Gasteiger partial charge on any atom is 0.332 e. The van der Waals surface area contributed by atoms with Crippen molar-refractivity contribution in [1.82, 2.24) is 18.7 Å². The summed E-state index contributed by atoms with van der Waals surface area (Å²) in [6.45, 7) is 0. The summed E-state index contributed by atoms with van der Waals surface area (Å²) in [4.78, 5) is 38.6. The quantitative estimate of drug-likeness (QED) is 0.534. The van der Waals surface area contributed by atoms with Crippen LogP contribution >= 0.6 is 0 Å². The Bertz CT molecular complexity index is 750. The molecule has 84 valence electrons. The summed E-state index contributed by atoms with van der Waals surface area (Å²) in [7, 11) is 4.33. The molecular formula is C9H10N4O3. The van der Waals surface area contributed by atoms with E-state index in [0.29, 0.717) is 0 Å². The summed E-state index contributed by atoms with van der Waals surface area (Å²) in [5, 5.41) is 0. The van der Waals surface area contributed by atoms with E-state index in [2.05, 4.69) is 4.98 Å². The van der Waals surface area contributed by atoms with Gasteiger partial charge in [-0.2, -0.15) is 0 Å². The number of rotatable bonds is 0. The van der Waals surface area contributed by atoms with Crippen molar-refractivity contribution < 1.29 is 0 Å². The molecule has 0 aliphatic heterocycles. The minimum absolute atomic E-state index is 0.122. The third-order valence-electron chi connectivity index (χ3n) is 2.57. The lowest BCUT2D eigenvalue weighted by atomic mass is 10.4. The summed E-state index contributed by atoms with van der Waals surface area (Å²) in [6.07, 6.45) is 1.08. The van der Waals surface area contributed by atoms with Crippen LogP contribution in [0.1, 0.15) is 0 Å². The SMILES string of the molecule is Cn1c(=O)c2c(ncc(=O)n2C)n(C)c1=O. The van der Waals surface area contributed by atoms with Gasteiger partial charge in [0, 0.05) is 21.1 Å². The van der Waals surface area contributed by atoms with Gasteiger partial charge in [-0.1, -0.05) is 0 Å². The van der Waals surface area contributed by atoms with Crippen molar-refractivity contribution in [3.8, 4) is 0 Å². The van der Waals surface area contributed by atoms with E-state index in [1.807, 2.05) is 0 Å². The van der Waals surface area contributed by atoms with Crippen LogP contribution in [0.5, 0.6) is 0 Å². The van der Waals surface area contributed by atoms with Gasteiger partial charge >= 0.3 is 5.69 Å². The second-order valence-electron chi connectivity index (χ2n) is 3.53. The first-order valence-electron chi connectivity index (χ1n) is 4.57. The molecule has 2 aromatic heterocycles. The van der Waals surface area contributed by atoms with Crippen molar-refractivity contribution in [1.29, 1.82) is 0 Å². The van der Waals surface area contributed by atoms with Gasteiger partial charge in [0.25, 0.3) is 11.1 Å². The van der Waals surface area contributed by atoms with E-state index in [1.165, 1.54) is 30.3 Å². The molecule has 0 aliphatic carbocycles. The monoisotopic (exact) mass is 222 g/mol. The normalized spacial score (nSPS) is 10.9. The molecule has 0 N–H and O–H groups in total. The Morgan fingerprint density at radius 1 is 1.00 bits per heavy atom. The predicted octanol–water partition coefficient (Wildman–Crippen LogP) is -1.67. The summed E-state index contributed by atoms with van der Waals surface area (Å²) in [6, 6.07) is 0. The molecule has 7 nitrogen and oxygen atoms in total. The Hall–Kier alpha value is -2.18. The first-order valence-corrected chi connectivity index (χ1v) is 4.57. The standard InChI is InChI=1S/C9H10N4O3/c1-11-5(14)4-10-7-6(11)8(15)13(3)9(16)12(7)2/h4H,1-3H3. The summed E-state index contributed by atoms with van der Waals surface area (Å²) >= 11 is 0. The van der Waals surface area contributed by atoms with Crippen LogP contribution in [0.25, 0.3) is 11.2 Å². The van der Waals surface area contributed by atoms with E-state index < -0.39 is 11.2 Å². The topological polar surface area (TPSA) is 78.9 Å². The highest BCUT2D eigenvalue weighted by molar-refractivity contribution is 5.68. The van der Waals surface area contributed by atoms with Crippen molar-refractivity contribution in [3.63, 3.8) is 0 Å². The lowest BCUT2D eigenvalue weighted by Gasteiger charge is -2.08. The molecule has 0 radical (unpaired) electrons. The molecule has 0 spiro atoms. The number of fused-ring (bicyclic) bond motifs is 1. The van der Waals surface area contributed by atoms with E-state index in [4.69, 9.17) is 0 Å². The molecule has 2 heterocycles. The van der Waals surface area contributed by atoms with Gasteiger partial charge in [-0.25, -0.2) is 9.78 Å². The predicted molar refractivity (Wildman–Crippen MR) is 57.5 cm³/mol. The molecule has 0 atom stereocenters. The zero-order chi connectivity index (χ0) is 12.0. The highest BCUT2D eigenvalue weighted by atomic mass is 16.2. The second kappa shape index (κ2) is 3.16. The highest BCUT2D eigenvalue weighted by Crippen LogP contribution is 1.97. The van der Waals surface area contributed by atoms with Gasteiger partial charge in [0.1, 0.15) is 0 Å². The summed E-state index contributed by atoms with van der Waals surface area (Å²) < 4.78 is 3.36. The number of hydrogen-bond donors (Lipinski definition) is 0. The van der Waals surface area contributed by atoms with Gasteiger partial charge in [-0.15, -0.1) is 0 Å². The van der Waals surface area contributed by atoms with Gasteiger partial charge in [0.15, 0.2) is 11.2 Å². The van der Waals surface area contributed by atoms with Crippen molar-refractivity contribution in [2.24, 2.45) is 21.1 Å². The van der Waals surface area contributed by atoms with Crippen LogP contribution in [0, 0.1) is 0 Å². The summed E-state index contributed by atoms with van der Waals surface area (Å²) in [5.41, 5.74) is -1.05. The zero-order valence-electron chi connectivity index (χ0n) is 9.09. The van der Waals surface area contributed by atoms with E-state index in [-0.39, 0.29) is 16.7 Å². The van der Waals surface area contributed by atoms with E-state index in [1.54, 1.807) is 0 Å². The minimum Gasteiger partial charge on any atom is -0.303 e. The smallest absolute Gasteiger partial charge is 0.303 e. The Morgan fingerprint density at radius 3 is 2.25 bits per heavy atom. The number of aromatic nitrogens is 4. The Kier molecular flexibility index (Phi) is 2.04. The lowest BCUT2D eigenvalue weighted by molar-refractivity contribution is 0.692. The first kappa shape index (κ1) is 10.3. The second-order valence-corrected chi connectivity index (χ2v) is 3.53. The molecule has 0 aliphatic rings. The molecule has 2 aromatic rings. The third kappa shape index (κ3) is 1.14. The van der Waals surface area contributed by atoms with Gasteiger partial charge in [-0.05, 0) is 0 Å². The fourth-order valence-corrected chi connectivity index (χ4v) is 1.57. The molecule has 0 saturated heterocycles. The average molecular weight is 222 g/mol. The van der Waals surface area contributed by atoms with Crippen molar-refractivity contribution in [2.75, 3.05) is 0 Å². The maximum absolute atomic E-state index is 11.8. The zero-order valence-corrected chi connectivity index (χ0v) is 9.09. The van der Waals surface area contributed by atoms with Gasteiger partial charge in [0.05, 0.1) is 6.20 Å². The molecule has 0 bridgehead atoms. The van der Waals surface area contributed by atoms with Crippen LogP contribution in [0.15, 0.2) is 20.6 Å². The molecule has 0 saturated carbocycles. The van der Waals surface area contributed by atoms with Crippen LogP contribution in [0.4, 0.5) is 0 Å². The molecule has 0 aromatic carbocycles. The number of nitrogens with zero attached hydrogens (tertiary/aromatic N) is 4. The van der Waals surface area contributed by atoms with E-state index >= 15 is 0 Å². The van der Waals surface area contributed by atoms with E-state index in [9.17, 15) is 14.4 Å². The van der Waals surface area contributed by atoms with Crippen molar-refractivity contribution in [3.05, 3.63) is 37.4 Å². The summed E-state index contributed by atoms with van der Waals surface area (Å²) in [5.74, 6) is 0. The lowest BCUT2D eigenvalue weighted by Crippen LogP contribution is -2.40. The van der Waals surface area contributed by atoms with E-state index in [0.717, 1.165) is 10.8 Å². The van der Waals surface area contributed by atoms with Gasteiger partial charge in [-0.3, -0.25) is 18.7 Å². The van der Waals surface area contributed by atoms with Crippen LogP contribution < -0.4 is 16.8 Å². The Labute approximate surface area is 89.2 Å². The van der Waals surface area contributed by atoms with Crippen LogP contribution in [-0.2, 0) is 21.1 Å². The van der Waals surface area contributed by atoms with Crippen molar-refractivity contribution >= 4 is 11.2 Å². The molecule has 0 amide bonds. The minimum atomic E-state index is -0.522. The first-order chi connectivity index (χ1) is 7.45. The Balaban J connectivity index is 3.29. The Morgan fingerprint density at radius 2 is 1.62 bits per heavy atom. The molecular weight excluding hydrogens is 212 g/mol. The average Bonchev–Trinajstić information content (AvgIpc) is 2.27. The molecule has 7 heteroatoms. The largest absolute Gasteiger partial charge is 0.332 e. The highest BCUT2D eigenvalue weighted by Gasteiger charge is 2.12. The third-order valence-corrected chi connectivity index (χ3v) is 2.57. The number of hydrogen-bond acceptors (Lipinski definition) is 4. The van der Waals surface area contributed by atoms with Crippen LogP contribution in [-0.4, -0.2) is 18.7 Å². The maximum atomic E-state index is 11.8. The fourth-order valence-electron chi connectivity index (χ4n) is 1.57. The van der Waals surface area contributed by atoms with Crippen LogP contribution in [0.2, 0.25) is 0 Å². The van der Waals surface area contributed by atoms with Crippen molar-refractivity contribution in [2.45, 2.75) is 0 Å². The molecule has 0 unspecified atom stereocenters. The number of aryl methyl sites for hydroxylation is 2. The molecule has 2 rings (SSSR count). The van der Waals surface area contributed by atoms with Gasteiger partial charge < -0.3 is 4.57 Å². The van der Waals surface area contributed by atoms with Crippen LogP contribution in [0.3, 0.4) is 0 Å². The van der Waals surface area contributed by atoms with Gasteiger partial charge in [0.2, 0.25) is 0 Å².